The van der Waals surface area contributed by atoms with E-state index in [4.69, 9.17) is 4.74 Å². The van der Waals surface area contributed by atoms with Gasteiger partial charge in [-0.3, -0.25) is 4.79 Å². The molecule has 2 aliphatic rings. The van der Waals surface area contributed by atoms with Crippen LogP contribution in [0.25, 0.3) is 0 Å². The summed E-state index contributed by atoms with van der Waals surface area (Å²) in [5.74, 6) is 0.586. The SMILES string of the molecule is CC(C)NC(=O)[C@H]1Cn2ccnc2C2(CCN(S(=O)(=O)c3cn(C)cn3)CC2)O1. The van der Waals surface area contributed by atoms with Crippen LogP contribution in [-0.2, 0) is 38.7 Å². The summed E-state index contributed by atoms with van der Waals surface area (Å²) in [6.45, 7) is 4.74. The highest BCUT2D eigenvalue weighted by Gasteiger charge is 2.48. The van der Waals surface area contributed by atoms with E-state index in [1.165, 1.54) is 16.8 Å². The van der Waals surface area contributed by atoms with Gasteiger partial charge in [-0.1, -0.05) is 0 Å². The molecule has 0 radical (unpaired) electrons. The van der Waals surface area contributed by atoms with Gasteiger partial charge in [-0.25, -0.2) is 18.4 Å². The van der Waals surface area contributed by atoms with Crippen molar-refractivity contribution in [2.45, 2.75) is 56.0 Å². The predicted molar refractivity (Wildman–Crippen MR) is 103 cm³/mol. The first-order valence-electron chi connectivity index (χ1n) is 9.69. The number of sulfonamides is 1. The molecule has 0 saturated carbocycles. The van der Waals surface area contributed by atoms with Crippen molar-refractivity contribution >= 4 is 15.9 Å². The molecular formula is C18H26N6O4S. The number of aromatic nitrogens is 4. The Morgan fingerprint density at radius 3 is 2.66 bits per heavy atom. The lowest BCUT2D eigenvalue weighted by atomic mass is 9.89. The Labute approximate surface area is 169 Å². The second-order valence-electron chi connectivity index (χ2n) is 7.95. The topological polar surface area (TPSA) is 111 Å². The summed E-state index contributed by atoms with van der Waals surface area (Å²) in [5.41, 5.74) is -0.781. The number of carbonyl (C=O) groups excluding carboxylic acids is 1. The molecule has 4 rings (SSSR count). The third-order valence-electron chi connectivity index (χ3n) is 5.39. The number of nitrogens with one attached hydrogen (secondary N) is 1. The largest absolute Gasteiger partial charge is 0.352 e. The first kappa shape index (κ1) is 20.0. The van der Waals surface area contributed by atoms with Crippen LogP contribution in [-0.4, -0.2) is 63.0 Å². The molecule has 11 heteroatoms. The Kier molecular flexibility index (Phi) is 4.99. The van der Waals surface area contributed by atoms with Gasteiger partial charge in [0.05, 0.1) is 12.9 Å². The molecule has 4 heterocycles. The number of hydrogen-bond acceptors (Lipinski definition) is 6. The third-order valence-corrected chi connectivity index (χ3v) is 7.18. The molecule has 0 aliphatic carbocycles. The molecule has 1 N–H and O–H groups in total. The summed E-state index contributed by atoms with van der Waals surface area (Å²) >= 11 is 0. The molecular weight excluding hydrogens is 396 g/mol. The van der Waals surface area contributed by atoms with E-state index < -0.39 is 21.7 Å². The number of fused-ring (bicyclic) bond motifs is 2. The van der Waals surface area contributed by atoms with E-state index >= 15 is 0 Å². The number of rotatable bonds is 4. The fourth-order valence-corrected chi connectivity index (χ4v) is 5.40. The minimum Gasteiger partial charge on any atom is -0.352 e. The lowest BCUT2D eigenvalue weighted by molar-refractivity contribution is -0.171. The molecule has 0 bridgehead atoms. The van der Waals surface area contributed by atoms with Crippen LogP contribution >= 0.6 is 0 Å². The van der Waals surface area contributed by atoms with E-state index in [1.54, 1.807) is 17.8 Å². The standard InChI is InChI=1S/C18H26N6O4S/c1-13(2)21-16(25)14-10-23-9-6-19-17(23)18(28-14)4-7-24(8-5-18)29(26,27)15-11-22(3)12-20-15/h6,9,11-14H,4-5,7-8,10H2,1-3H3,(H,21,25)/t14-/m1/s1. The summed E-state index contributed by atoms with van der Waals surface area (Å²) in [6, 6.07) is 0.0107. The summed E-state index contributed by atoms with van der Waals surface area (Å²) in [5, 5.41) is 2.94. The van der Waals surface area contributed by atoms with Gasteiger partial charge >= 0.3 is 0 Å². The van der Waals surface area contributed by atoms with Crippen molar-refractivity contribution in [2.75, 3.05) is 13.1 Å². The average Bonchev–Trinajstić information content (AvgIpc) is 3.31. The third kappa shape index (κ3) is 3.58. The molecule has 158 valence electrons. The summed E-state index contributed by atoms with van der Waals surface area (Å²) in [7, 11) is -1.94. The lowest BCUT2D eigenvalue weighted by Crippen LogP contribution is -2.55. The molecule has 0 unspecified atom stereocenters. The highest BCUT2D eigenvalue weighted by atomic mass is 32.2. The molecule has 0 aromatic carbocycles. The maximum atomic E-state index is 12.9. The van der Waals surface area contributed by atoms with Crippen molar-refractivity contribution in [2.24, 2.45) is 7.05 Å². The van der Waals surface area contributed by atoms with Crippen molar-refractivity contribution in [1.29, 1.82) is 0 Å². The quantitative estimate of drug-likeness (QED) is 0.755. The van der Waals surface area contributed by atoms with E-state index in [2.05, 4.69) is 15.3 Å². The van der Waals surface area contributed by atoms with Crippen LogP contribution < -0.4 is 5.32 Å². The number of aryl methyl sites for hydroxylation is 1. The van der Waals surface area contributed by atoms with Gasteiger partial charge in [0.1, 0.15) is 11.4 Å². The number of ether oxygens (including phenoxy) is 1. The van der Waals surface area contributed by atoms with E-state index in [9.17, 15) is 13.2 Å². The van der Waals surface area contributed by atoms with Crippen molar-refractivity contribution in [3.05, 3.63) is 30.7 Å². The fourth-order valence-electron chi connectivity index (χ4n) is 3.99. The molecule has 2 aromatic heterocycles. The van der Waals surface area contributed by atoms with Crippen molar-refractivity contribution in [1.82, 2.24) is 28.7 Å². The zero-order chi connectivity index (χ0) is 20.8. The number of hydrogen-bond donors (Lipinski definition) is 1. The smallest absolute Gasteiger partial charge is 0.262 e. The molecule has 29 heavy (non-hydrogen) atoms. The van der Waals surface area contributed by atoms with Crippen molar-refractivity contribution in [3.63, 3.8) is 0 Å². The molecule has 1 fully saturated rings. The lowest BCUT2D eigenvalue weighted by Gasteiger charge is -2.45. The molecule has 1 atom stereocenters. The van der Waals surface area contributed by atoms with Crippen LogP contribution in [0.1, 0.15) is 32.5 Å². The minimum atomic E-state index is -3.67. The molecule has 1 saturated heterocycles. The summed E-state index contributed by atoms with van der Waals surface area (Å²) in [4.78, 5) is 21.0. The highest BCUT2D eigenvalue weighted by molar-refractivity contribution is 7.89. The Bertz CT molecular complexity index is 1000. The number of carbonyl (C=O) groups is 1. The van der Waals surface area contributed by atoms with Gasteiger partial charge in [0.2, 0.25) is 0 Å². The number of nitrogens with zero attached hydrogens (tertiary/aromatic N) is 5. The van der Waals surface area contributed by atoms with Gasteiger partial charge < -0.3 is 19.2 Å². The average molecular weight is 423 g/mol. The first-order valence-corrected chi connectivity index (χ1v) is 11.1. The maximum Gasteiger partial charge on any atom is 0.262 e. The van der Waals surface area contributed by atoms with Crippen molar-refractivity contribution in [3.8, 4) is 0 Å². The number of amides is 1. The van der Waals surface area contributed by atoms with Crippen molar-refractivity contribution < 1.29 is 17.9 Å². The van der Waals surface area contributed by atoms with E-state index in [1.807, 2.05) is 24.6 Å². The highest BCUT2D eigenvalue weighted by Crippen LogP contribution is 2.41. The molecule has 1 spiro atoms. The van der Waals surface area contributed by atoms with Gasteiger partial charge in [0.25, 0.3) is 15.9 Å². The summed E-state index contributed by atoms with van der Waals surface area (Å²) < 4.78 is 37.0. The van der Waals surface area contributed by atoms with E-state index in [0.717, 1.165) is 5.82 Å². The minimum absolute atomic E-state index is 0.0107. The zero-order valence-electron chi connectivity index (χ0n) is 16.8. The second kappa shape index (κ2) is 7.22. The van der Waals surface area contributed by atoms with Gasteiger partial charge in [0.15, 0.2) is 11.1 Å². The van der Waals surface area contributed by atoms with Gasteiger partial charge in [0, 0.05) is 44.8 Å². The van der Waals surface area contributed by atoms with Crippen LogP contribution in [0.15, 0.2) is 29.9 Å². The van der Waals surface area contributed by atoms with Crippen LogP contribution in [0.4, 0.5) is 0 Å². The van der Waals surface area contributed by atoms with E-state index in [0.29, 0.717) is 19.4 Å². The Balaban J connectivity index is 1.55. The van der Waals surface area contributed by atoms with E-state index in [-0.39, 0.29) is 30.1 Å². The monoisotopic (exact) mass is 422 g/mol. The summed E-state index contributed by atoms with van der Waals surface area (Å²) in [6.07, 6.45) is 6.70. The maximum absolute atomic E-state index is 12.9. The molecule has 2 aliphatic heterocycles. The normalized spacial score (nSPS) is 22.0. The van der Waals surface area contributed by atoms with Crippen LogP contribution in [0, 0.1) is 0 Å². The number of imidazole rings is 2. The second-order valence-corrected chi connectivity index (χ2v) is 9.83. The predicted octanol–water partition coefficient (Wildman–Crippen LogP) is 0.220. The van der Waals surface area contributed by atoms with Gasteiger partial charge in [-0.2, -0.15) is 4.31 Å². The Hall–Kier alpha value is -2.24. The van der Waals surface area contributed by atoms with Crippen LogP contribution in [0.2, 0.25) is 0 Å². The van der Waals surface area contributed by atoms with Gasteiger partial charge in [-0.05, 0) is 26.7 Å². The zero-order valence-corrected chi connectivity index (χ0v) is 17.6. The fraction of sp³-hybridized carbons (Fsp3) is 0.611. The number of piperidine rings is 1. The molecule has 10 nitrogen and oxygen atoms in total. The van der Waals surface area contributed by atoms with Crippen LogP contribution in [0.3, 0.4) is 0 Å². The molecule has 2 aromatic rings. The first-order chi connectivity index (χ1) is 13.7. The molecule has 1 amide bonds. The van der Waals surface area contributed by atoms with Gasteiger partial charge in [-0.15, -0.1) is 0 Å². The Morgan fingerprint density at radius 1 is 1.31 bits per heavy atom. The Morgan fingerprint density at radius 2 is 2.03 bits per heavy atom. The van der Waals surface area contributed by atoms with Crippen LogP contribution in [0.5, 0.6) is 0 Å².